The van der Waals surface area contributed by atoms with E-state index in [2.05, 4.69) is 5.32 Å². The standard InChI is InChI=1S/C18H13ClF3N3O2/c1-11(26)25(16-5-3-2-4-12(16)9-23)10-17(27)24-15-7-6-13(19)8-14(15)18(20,21)22/h2-8H,10H2,1H3,(H,24,27). The molecule has 0 radical (unpaired) electrons. The molecule has 0 spiro atoms. The maximum atomic E-state index is 13.1. The van der Waals surface area contributed by atoms with Crippen molar-refractivity contribution in [3.05, 3.63) is 58.6 Å². The molecule has 9 heteroatoms. The number of benzene rings is 2. The second-order valence-electron chi connectivity index (χ2n) is 5.47. The quantitative estimate of drug-likeness (QED) is 0.842. The summed E-state index contributed by atoms with van der Waals surface area (Å²) < 4.78 is 39.4. The minimum absolute atomic E-state index is 0.131. The highest BCUT2D eigenvalue weighted by atomic mass is 35.5. The Hall–Kier alpha value is -3.05. The van der Waals surface area contributed by atoms with Gasteiger partial charge in [-0.3, -0.25) is 9.59 Å². The van der Waals surface area contributed by atoms with Crippen LogP contribution in [0.5, 0.6) is 0 Å². The molecule has 0 atom stereocenters. The number of para-hydroxylation sites is 1. The van der Waals surface area contributed by atoms with Gasteiger partial charge in [0.25, 0.3) is 0 Å². The largest absolute Gasteiger partial charge is 0.418 e. The Kier molecular flexibility index (Phi) is 6.08. The molecule has 0 saturated carbocycles. The molecule has 0 bridgehead atoms. The van der Waals surface area contributed by atoms with Gasteiger partial charge in [0.2, 0.25) is 11.8 Å². The molecule has 2 amide bonds. The van der Waals surface area contributed by atoms with Gasteiger partial charge in [-0.2, -0.15) is 18.4 Å². The van der Waals surface area contributed by atoms with Crippen molar-refractivity contribution >= 4 is 34.8 Å². The molecule has 1 N–H and O–H groups in total. The number of anilines is 2. The van der Waals surface area contributed by atoms with Crippen LogP contribution >= 0.6 is 11.6 Å². The molecule has 0 fully saturated rings. The molecule has 140 valence electrons. The van der Waals surface area contributed by atoms with Crippen LogP contribution in [0.2, 0.25) is 5.02 Å². The first-order valence-electron chi connectivity index (χ1n) is 7.57. The van der Waals surface area contributed by atoms with Crippen molar-refractivity contribution in [1.82, 2.24) is 0 Å². The summed E-state index contributed by atoms with van der Waals surface area (Å²) in [5.74, 6) is -1.40. The Bertz CT molecular complexity index is 923. The van der Waals surface area contributed by atoms with Gasteiger partial charge >= 0.3 is 6.18 Å². The zero-order valence-electron chi connectivity index (χ0n) is 14.0. The number of halogens is 4. The Balaban J connectivity index is 2.29. The monoisotopic (exact) mass is 395 g/mol. The first-order valence-corrected chi connectivity index (χ1v) is 7.95. The van der Waals surface area contributed by atoms with Crippen LogP contribution < -0.4 is 10.2 Å². The molecule has 0 aliphatic rings. The Morgan fingerprint density at radius 1 is 1.22 bits per heavy atom. The maximum absolute atomic E-state index is 13.1. The summed E-state index contributed by atoms with van der Waals surface area (Å²) >= 11 is 5.60. The summed E-state index contributed by atoms with van der Waals surface area (Å²) in [5, 5.41) is 11.2. The Labute approximate surface area is 158 Å². The molecular formula is C18H13ClF3N3O2. The average molecular weight is 396 g/mol. The van der Waals surface area contributed by atoms with E-state index >= 15 is 0 Å². The van der Waals surface area contributed by atoms with E-state index in [9.17, 15) is 22.8 Å². The van der Waals surface area contributed by atoms with Crippen LogP contribution in [0, 0.1) is 11.3 Å². The SMILES string of the molecule is CC(=O)N(CC(=O)Nc1ccc(Cl)cc1C(F)(F)F)c1ccccc1C#N. The summed E-state index contributed by atoms with van der Waals surface area (Å²) in [4.78, 5) is 25.2. The highest BCUT2D eigenvalue weighted by molar-refractivity contribution is 6.30. The Morgan fingerprint density at radius 3 is 2.48 bits per heavy atom. The first-order chi connectivity index (χ1) is 12.6. The lowest BCUT2D eigenvalue weighted by Crippen LogP contribution is -2.37. The summed E-state index contributed by atoms with van der Waals surface area (Å²) in [6.45, 7) is 0.624. The van der Waals surface area contributed by atoms with E-state index < -0.39 is 35.8 Å². The fraction of sp³-hybridized carbons (Fsp3) is 0.167. The number of amides is 2. The predicted molar refractivity (Wildman–Crippen MR) is 94.3 cm³/mol. The zero-order chi connectivity index (χ0) is 20.2. The van der Waals surface area contributed by atoms with E-state index in [-0.39, 0.29) is 16.3 Å². The van der Waals surface area contributed by atoms with E-state index in [1.165, 1.54) is 25.1 Å². The number of carbonyl (C=O) groups is 2. The van der Waals surface area contributed by atoms with Gasteiger partial charge < -0.3 is 10.2 Å². The van der Waals surface area contributed by atoms with Gasteiger partial charge in [-0.05, 0) is 30.3 Å². The topological polar surface area (TPSA) is 73.2 Å². The van der Waals surface area contributed by atoms with Crippen LogP contribution in [-0.2, 0) is 15.8 Å². The molecule has 0 aromatic heterocycles. The molecule has 0 heterocycles. The number of nitrogens with one attached hydrogen (secondary N) is 1. The molecular weight excluding hydrogens is 383 g/mol. The van der Waals surface area contributed by atoms with E-state index in [1.807, 2.05) is 6.07 Å². The third-order valence-electron chi connectivity index (χ3n) is 3.56. The number of alkyl halides is 3. The molecule has 0 aliphatic heterocycles. The van der Waals surface area contributed by atoms with Gasteiger partial charge in [0.05, 0.1) is 22.5 Å². The van der Waals surface area contributed by atoms with Crippen LogP contribution in [0.15, 0.2) is 42.5 Å². The molecule has 0 saturated heterocycles. The van der Waals surface area contributed by atoms with Crippen molar-refractivity contribution < 1.29 is 22.8 Å². The zero-order valence-corrected chi connectivity index (χ0v) is 14.7. The first kappa shape index (κ1) is 20.3. The normalized spacial score (nSPS) is 10.8. The summed E-state index contributed by atoms with van der Waals surface area (Å²) in [6.07, 6.45) is -4.72. The number of carbonyl (C=O) groups excluding carboxylic acids is 2. The van der Waals surface area contributed by atoms with Gasteiger partial charge in [-0.1, -0.05) is 23.7 Å². The van der Waals surface area contributed by atoms with Gasteiger partial charge in [0.1, 0.15) is 12.6 Å². The van der Waals surface area contributed by atoms with Gasteiger partial charge in [0.15, 0.2) is 0 Å². The predicted octanol–water partition coefficient (Wildman–Crippen LogP) is 4.22. The van der Waals surface area contributed by atoms with E-state index in [0.29, 0.717) is 6.07 Å². The minimum Gasteiger partial charge on any atom is -0.324 e. The van der Waals surface area contributed by atoms with Crippen molar-refractivity contribution in [3.8, 4) is 6.07 Å². The number of nitrogens with zero attached hydrogens (tertiary/aromatic N) is 2. The molecule has 2 aromatic rings. The van der Waals surface area contributed by atoms with Gasteiger partial charge in [0, 0.05) is 11.9 Å². The van der Waals surface area contributed by atoms with Crippen molar-refractivity contribution in [2.24, 2.45) is 0 Å². The number of hydrogen-bond acceptors (Lipinski definition) is 3. The smallest absolute Gasteiger partial charge is 0.324 e. The van der Waals surface area contributed by atoms with Crippen LogP contribution in [0.25, 0.3) is 0 Å². The summed E-state index contributed by atoms with van der Waals surface area (Å²) in [6, 6.07) is 10.9. The number of rotatable bonds is 4. The maximum Gasteiger partial charge on any atom is 0.418 e. The second-order valence-corrected chi connectivity index (χ2v) is 5.91. The fourth-order valence-corrected chi connectivity index (χ4v) is 2.54. The molecule has 27 heavy (non-hydrogen) atoms. The Morgan fingerprint density at radius 2 is 1.89 bits per heavy atom. The van der Waals surface area contributed by atoms with Gasteiger partial charge in [-0.15, -0.1) is 0 Å². The van der Waals surface area contributed by atoms with Crippen molar-refractivity contribution in [2.75, 3.05) is 16.8 Å². The van der Waals surface area contributed by atoms with Gasteiger partial charge in [-0.25, -0.2) is 0 Å². The number of hydrogen-bond donors (Lipinski definition) is 1. The molecule has 0 aliphatic carbocycles. The second kappa shape index (κ2) is 8.10. The third-order valence-corrected chi connectivity index (χ3v) is 3.79. The van der Waals surface area contributed by atoms with Crippen molar-refractivity contribution in [3.63, 3.8) is 0 Å². The van der Waals surface area contributed by atoms with E-state index in [4.69, 9.17) is 16.9 Å². The third kappa shape index (κ3) is 4.99. The van der Waals surface area contributed by atoms with Crippen LogP contribution in [0.4, 0.5) is 24.5 Å². The minimum atomic E-state index is -4.72. The molecule has 0 unspecified atom stereocenters. The highest BCUT2D eigenvalue weighted by Crippen LogP contribution is 2.36. The van der Waals surface area contributed by atoms with Crippen LogP contribution in [0.3, 0.4) is 0 Å². The van der Waals surface area contributed by atoms with E-state index in [0.717, 1.165) is 11.0 Å². The summed E-state index contributed by atoms with van der Waals surface area (Å²) in [7, 11) is 0. The van der Waals surface area contributed by atoms with Crippen LogP contribution in [-0.4, -0.2) is 18.4 Å². The lowest BCUT2D eigenvalue weighted by Gasteiger charge is -2.22. The van der Waals surface area contributed by atoms with Crippen molar-refractivity contribution in [2.45, 2.75) is 13.1 Å². The van der Waals surface area contributed by atoms with E-state index in [1.54, 1.807) is 12.1 Å². The molecule has 5 nitrogen and oxygen atoms in total. The molecule has 2 rings (SSSR count). The number of nitriles is 1. The van der Waals surface area contributed by atoms with Crippen LogP contribution in [0.1, 0.15) is 18.1 Å². The lowest BCUT2D eigenvalue weighted by atomic mass is 10.1. The summed E-state index contributed by atoms with van der Waals surface area (Å²) in [5.41, 5.74) is -1.23. The average Bonchev–Trinajstić information content (AvgIpc) is 2.60. The highest BCUT2D eigenvalue weighted by Gasteiger charge is 2.34. The molecule has 2 aromatic carbocycles. The fourth-order valence-electron chi connectivity index (χ4n) is 2.36. The van der Waals surface area contributed by atoms with Crippen molar-refractivity contribution in [1.29, 1.82) is 5.26 Å². The lowest BCUT2D eigenvalue weighted by molar-refractivity contribution is -0.137.